The normalized spacial score (nSPS) is 10.6. The average Bonchev–Trinajstić information content (AvgIpc) is 2.46. The topological polar surface area (TPSA) is 117 Å². The maximum absolute atomic E-state index is 11.9. The van der Waals surface area contributed by atoms with Gasteiger partial charge in [0, 0.05) is 17.0 Å². The van der Waals surface area contributed by atoms with E-state index in [0.717, 1.165) is 0 Å². The number of hydrogen-bond donors (Lipinski definition) is 4. The minimum absolute atomic E-state index is 0.229. The molecule has 2 aromatic rings. The van der Waals surface area contributed by atoms with Crippen molar-refractivity contribution in [3.05, 3.63) is 33.9 Å². The number of nitrogens with two attached hydrogens (primary N) is 1. The van der Waals surface area contributed by atoms with Crippen LogP contribution >= 0.6 is 23.2 Å². The van der Waals surface area contributed by atoms with Crippen LogP contribution < -0.4 is 16.4 Å². The van der Waals surface area contributed by atoms with Gasteiger partial charge in [-0.25, -0.2) is 14.6 Å². The number of aromatic nitrogens is 1. The molecule has 0 spiro atoms. The Balaban J connectivity index is 2.44. The smallest absolute Gasteiger partial charge is 0.354 e. The molecule has 1 heterocycles. The number of carboxylic acid groups (broad SMARTS) is 1. The molecule has 0 bridgehead atoms. The molecule has 0 atom stereocenters. The number of anilines is 1. The van der Waals surface area contributed by atoms with Crippen molar-refractivity contribution in [1.29, 1.82) is 0 Å². The molecule has 23 heavy (non-hydrogen) atoms. The molecule has 0 saturated heterocycles. The number of carbonyl (C=O) groups is 2. The summed E-state index contributed by atoms with van der Waals surface area (Å²) < 4.78 is 0. The SMILES string of the molecule is NCCCNC(=O)Nc1cc(C(=O)O)nc2cc(Cl)cc(Cl)c12. The number of carbonyl (C=O) groups excluding carboxylic acids is 1. The number of benzene rings is 1. The fourth-order valence-corrected chi connectivity index (χ4v) is 2.55. The maximum atomic E-state index is 11.9. The van der Waals surface area contributed by atoms with Gasteiger partial charge in [-0.1, -0.05) is 23.2 Å². The van der Waals surface area contributed by atoms with Gasteiger partial charge >= 0.3 is 12.0 Å². The van der Waals surface area contributed by atoms with Crippen molar-refractivity contribution in [3.63, 3.8) is 0 Å². The third-order valence-corrected chi connectivity index (χ3v) is 3.48. The van der Waals surface area contributed by atoms with Gasteiger partial charge in [-0.2, -0.15) is 0 Å². The fourth-order valence-electron chi connectivity index (χ4n) is 1.96. The van der Waals surface area contributed by atoms with Crippen molar-refractivity contribution in [2.45, 2.75) is 6.42 Å². The Morgan fingerprint density at radius 1 is 1.26 bits per heavy atom. The van der Waals surface area contributed by atoms with Crippen LogP contribution in [0.3, 0.4) is 0 Å². The number of nitrogens with one attached hydrogen (secondary N) is 2. The molecule has 0 fully saturated rings. The highest BCUT2D eigenvalue weighted by atomic mass is 35.5. The van der Waals surface area contributed by atoms with E-state index in [4.69, 9.17) is 34.0 Å². The molecule has 9 heteroatoms. The number of hydrogen-bond acceptors (Lipinski definition) is 4. The summed E-state index contributed by atoms with van der Waals surface area (Å²) >= 11 is 12.1. The van der Waals surface area contributed by atoms with Crippen LogP contribution in [-0.2, 0) is 0 Å². The monoisotopic (exact) mass is 356 g/mol. The molecule has 0 unspecified atom stereocenters. The molecular formula is C14H14Cl2N4O3. The molecule has 1 aromatic carbocycles. The van der Waals surface area contributed by atoms with E-state index in [0.29, 0.717) is 29.9 Å². The predicted molar refractivity (Wildman–Crippen MR) is 89.4 cm³/mol. The number of halogens is 2. The molecule has 0 aliphatic carbocycles. The Labute approximate surface area is 141 Å². The molecule has 0 saturated carbocycles. The Morgan fingerprint density at radius 2 is 2.00 bits per heavy atom. The van der Waals surface area contributed by atoms with Crippen LogP contribution in [0.5, 0.6) is 0 Å². The van der Waals surface area contributed by atoms with Gasteiger partial charge in [0.25, 0.3) is 0 Å². The summed E-state index contributed by atoms with van der Waals surface area (Å²) in [6.45, 7) is 0.850. The zero-order valence-electron chi connectivity index (χ0n) is 11.9. The maximum Gasteiger partial charge on any atom is 0.354 e. The van der Waals surface area contributed by atoms with E-state index in [9.17, 15) is 9.59 Å². The van der Waals surface area contributed by atoms with Gasteiger partial charge in [0.1, 0.15) is 0 Å². The van der Waals surface area contributed by atoms with Crippen molar-refractivity contribution >= 4 is 51.8 Å². The Morgan fingerprint density at radius 3 is 2.65 bits per heavy atom. The minimum atomic E-state index is -1.23. The standard InChI is InChI=1S/C14H14Cl2N4O3/c15-7-4-8(16)12-9(5-7)19-11(13(21)22)6-10(12)20-14(23)18-3-1-2-17/h4-6H,1-3,17H2,(H,21,22)(H2,18,19,20,23). The summed E-state index contributed by atoms with van der Waals surface area (Å²) in [5.74, 6) is -1.23. The zero-order chi connectivity index (χ0) is 17.0. The number of amides is 2. The van der Waals surface area contributed by atoms with Gasteiger partial charge in [-0.15, -0.1) is 0 Å². The van der Waals surface area contributed by atoms with Crippen molar-refractivity contribution in [2.75, 3.05) is 18.4 Å². The summed E-state index contributed by atoms with van der Waals surface area (Å²) in [6, 6.07) is 3.72. The predicted octanol–water partition coefficient (Wildman–Crippen LogP) is 2.71. The second-order valence-electron chi connectivity index (χ2n) is 4.67. The number of rotatable bonds is 5. The highest BCUT2D eigenvalue weighted by Gasteiger charge is 2.15. The van der Waals surface area contributed by atoms with E-state index < -0.39 is 12.0 Å². The van der Waals surface area contributed by atoms with Crippen molar-refractivity contribution in [1.82, 2.24) is 10.3 Å². The third-order valence-electron chi connectivity index (χ3n) is 2.96. The number of aromatic carboxylic acids is 1. The Bertz CT molecular complexity index is 767. The first kappa shape index (κ1) is 17.3. The summed E-state index contributed by atoms with van der Waals surface area (Å²) in [4.78, 5) is 27.1. The second-order valence-corrected chi connectivity index (χ2v) is 5.51. The van der Waals surface area contributed by atoms with Crippen LogP contribution in [0.2, 0.25) is 10.0 Å². The first-order chi connectivity index (χ1) is 10.9. The quantitative estimate of drug-likeness (QED) is 0.614. The van der Waals surface area contributed by atoms with Crippen molar-refractivity contribution in [3.8, 4) is 0 Å². The lowest BCUT2D eigenvalue weighted by Crippen LogP contribution is -2.30. The zero-order valence-corrected chi connectivity index (χ0v) is 13.4. The molecule has 1 aromatic heterocycles. The Kier molecular flexibility index (Phi) is 5.59. The fraction of sp³-hybridized carbons (Fsp3) is 0.214. The van der Waals surface area contributed by atoms with Gasteiger partial charge in [0.2, 0.25) is 0 Å². The molecule has 0 radical (unpaired) electrons. The summed E-state index contributed by atoms with van der Waals surface area (Å²) in [6.07, 6.45) is 0.626. The first-order valence-corrected chi connectivity index (χ1v) is 7.46. The number of pyridine rings is 1. The lowest BCUT2D eigenvalue weighted by atomic mass is 10.1. The van der Waals surface area contributed by atoms with Crippen LogP contribution in [-0.4, -0.2) is 35.2 Å². The summed E-state index contributed by atoms with van der Waals surface area (Å²) in [7, 11) is 0. The molecule has 122 valence electrons. The van der Waals surface area contributed by atoms with E-state index >= 15 is 0 Å². The molecule has 5 N–H and O–H groups in total. The van der Waals surface area contributed by atoms with Crippen LogP contribution in [0.15, 0.2) is 18.2 Å². The number of nitrogens with zero attached hydrogens (tertiary/aromatic N) is 1. The molecule has 7 nitrogen and oxygen atoms in total. The van der Waals surface area contributed by atoms with Crippen LogP contribution in [0.25, 0.3) is 10.9 Å². The van der Waals surface area contributed by atoms with Crippen LogP contribution in [0.4, 0.5) is 10.5 Å². The minimum Gasteiger partial charge on any atom is -0.477 e. The van der Waals surface area contributed by atoms with E-state index in [1.807, 2.05) is 0 Å². The van der Waals surface area contributed by atoms with E-state index in [-0.39, 0.29) is 21.9 Å². The van der Waals surface area contributed by atoms with Gasteiger partial charge < -0.3 is 21.5 Å². The molecule has 2 amide bonds. The molecule has 0 aliphatic heterocycles. The largest absolute Gasteiger partial charge is 0.477 e. The van der Waals surface area contributed by atoms with E-state index in [1.54, 1.807) is 0 Å². The van der Waals surface area contributed by atoms with Crippen LogP contribution in [0, 0.1) is 0 Å². The van der Waals surface area contributed by atoms with Gasteiger partial charge in [0.05, 0.1) is 16.2 Å². The average molecular weight is 357 g/mol. The van der Waals surface area contributed by atoms with Gasteiger partial charge in [0.15, 0.2) is 5.69 Å². The highest BCUT2D eigenvalue weighted by molar-refractivity contribution is 6.39. The second kappa shape index (κ2) is 7.45. The summed E-state index contributed by atoms with van der Waals surface area (Å²) in [5, 5.41) is 15.3. The lowest BCUT2D eigenvalue weighted by Gasteiger charge is -2.12. The van der Waals surface area contributed by atoms with Crippen molar-refractivity contribution < 1.29 is 14.7 Å². The number of urea groups is 1. The molecular weight excluding hydrogens is 343 g/mol. The van der Waals surface area contributed by atoms with Crippen LogP contribution in [0.1, 0.15) is 16.9 Å². The Hall–Kier alpha value is -2.09. The number of fused-ring (bicyclic) bond motifs is 1. The highest BCUT2D eigenvalue weighted by Crippen LogP contribution is 2.33. The lowest BCUT2D eigenvalue weighted by molar-refractivity contribution is 0.0691. The molecule has 0 aliphatic rings. The van der Waals surface area contributed by atoms with Crippen molar-refractivity contribution in [2.24, 2.45) is 5.73 Å². The van der Waals surface area contributed by atoms with E-state index in [2.05, 4.69) is 15.6 Å². The van der Waals surface area contributed by atoms with Gasteiger partial charge in [-0.3, -0.25) is 0 Å². The third kappa shape index (κ3) is 4.22. The number of carboxylic acids is 1. The van der Waals surface area contributed by atoms with Gasteiger partial charge in [-0.05, 0) is 31.2 Å². The molecule has 2 rings (SSSR count). The van der Waals surface area contributed by atoms with E-state index in [1.165, 1.54) is 18.2 Å². The summed E-state index contributed by atoms with van der Waals surface area (Å²) in [5.41, 5.74) is 5.64. The first-order valence-electron chi connectivity index (χ1n) is 6.70.